The third-order valence-corrected chi connectivity index (χ3v) is 9.72. The van der Waals surface area contributed by atoms with Crippen LogP contribution in [0, 0.1) is 0 Å². The molecule has 0 radical (unpaired) electrons. The van der Waals surface area contributed by atoms with Gasteiger partial charge in [0.15, 0.2) is 6.10 Å². The number of rotatable bonds is 40. The lowest BCUT2D eigenvalue weighted by molar-refractivity contribution is -0.889. The average Bonchev–Trinajstić information content (AvgIpc) is 3.21. The van der Waals surface area contributed by atoms with Crippen molar-refractivity contribution < 1.29 is 38.2 Å². The molecule has 0 aromatic heterocycles. The van der Waals surface area contributed by atoms with Gasteiger partial charge in [0.25, 0.3) is 0 Å². The minimum atomic E-state index is -1.14. The number of carboxylic acids is 1. The second-order valence-electron chi connectivity index (χ2n) is 16.2. The van der Waals surface area contributed by atoms with Crippen molar-refractivity contribution in [1.82, 2.24) is 0 Å². The number of esters is 2. The smallest absolute Gasteiger partial charge is 0.306 e. The maximum absolute atomic E-state index is 12.7. The summed E-state index contributed by atoms with van der Waals surface area (Å²) in [6.07, 6.45) is 55.7. The topological polar surface area (TPSA) is 102 Å². The summed E-state index contributed by atoms with van der Waals surface area (Å²) in [5.74, 6) is -1.80. The SMILES string of the molecule is CC/C=C/C/C=C/C/C=C/C/C=C/C/C=C/CCCCCCC(=O)OCC(COCCC(C(=O)[O-])[N+](C)(C)C)OC(=O)CCCCCCCC/C=C/C/C=C/C/C=C/CC. The Morgan fingerprint density at radius 3 is 1.30 bits per heavy atom. The number of quaternary nitrogens is 1. The summed E-state index contributed by atoms with van der Waals surface area (Å²) >= 11 is 0. The van der Waals surface area contributed by atoms with Gasteiger partial charge in [-0.2, -0.15) is 0 Å². The number of carbonyl (C=O) groups excluding carboxylic acids is 3. The molecule has 0 saturated carbocycles. The van der Waals surface area contributed by atoms with E-state index >= 15 is 0 Å². The first-order valence-corrected chi connectivity index (χ1v) is 23.3. The van der Waals surface area contributed by atoms with E-state index in [1.165, 1.54) is 12.8 Å². The van der Waals surface area contributed by atoms with Gasteiger partial charge in [0.1, 0.15) is 12.6 Å². The van der Waals surface area contributed by atoms with Gasteiger partial charge in [-0.25, -0.2) is 0 Å². The number of nitrogens with zero attached hydrogens (tertiary/aromatic N) is 1. The molecule has 2 unspecified atom stereocenters. The number of ether oxygens (including phenoxy) is 3. The molecule has 8 heteroatoms. The van der Waals surface area contributed by atoms with Crippen molar-refractivity contribution in [2.75, 3.05) is 41.0 Å². The Bertz CT molecular complexity index is 1300. The quantitative estimate of drug-likeness (QED) is 0.0262. The average molecular weight is 836 g/mol. The van der Waals surface area contributed by atoms with Crippen molar-refractivity contribution in [3.8, 4) is 0 Å². The molecule has 0 saturated heterocycles. The van der Waals surface area contributed by atoms with Crippen molar-refractivity contribution in [3.63, 3.8) is 0 Å². The molecule has 0 fully saturated rings. The normalized spacial score (nSPS) is 13.8. The Morgan fingerprint density at radius 1 is 0.500 bits per heavy atom. The maximum atomic E-state index is 12.7. The predicted molar refractivity (Wildman–Crippen MR) is 249 cm³/mol. The van der Waals surface area contributed by atoms with Crippen LogP contribution in [-0.2, 0) is 28.6 Å². The minimum absolute atomic E-state index is 0.0206. The Balaban J connectivity index is 4.40. The molecule has 0 bridgehead atoms. The number of allylic oxidation sites excluding steroid dienone is 16. The van der Waals surface area contributed by atoms with Crippen LogP contribution in [-0.4, -0.2) is 75.5 Å². The largest absolute Gasteiger partial charge is 0.544 e. The molecule has 0 aliphatic carbocycles. The van der Waals surface area contributed by atoms with E-state index in [0.717, 1.165) is 116 Å². The maximum Gasteiger partial charge on any atom is 0.306 e. The lowest BCUT2D eigenvalue weighted by atomic mass is 10.1. The molecule has 60 heavy (non-hydrogen) atoms. The molecule has 0 aromatic rings. The van der Waals surface area contributed by atoms with E-state index in [-0.39, 0.29) is 42.7 Å². The van der Waals surface area contributed by atoms with Crippen molar-refractivity contribution >= 4 is 17.9 Å². The molecule has 0 aliphatic rings. The number of unbranched alkanes of at least 4 members (excludes halogenated alkanes) is 10. The van der Waals surface area contributed by atoms with Crippen molar-refractivity contribution in [3.05, 3.63) is 97.2 Å². The highest BCUT2D eigenvalue weighted by molar-refractivity contribution is 5.70. The Hall–Kier alpha value is -3.75. The van der Waals surface area contributed by atoms with Crippen LogP contribution in [0.2, 0.25) is 0 Å². The van der Waals surface area contributed by atoms with Crippen molar-refractivity contribution in [1.29, 1.82) is 0 Å². The standard InChI is InChI=1S/C52H85NO7/c1-6-8-10-12-14-16-18-20-22-24-25-26-27-29-30-32-34-36-38-40-42-50(54)59-47-48(46-58-45-44-49(52(56)57)53(3,4)5)60-51(55)43-41-39-37-35-33-31-28-23-21-19-17-15-13-11-9-7-2/h8-11,14-17,20-23,25-26,29-30,48-49H,6-7,12-13,18-19,24,27-28,31-47H2,1-5H3/b10-8+,11-9+,16-14+,17-15+,22-20+,23-21+,26-25+,30-29+. The van der Waals surface area contributed by atoms with E-state index in [0.29, 0.717) is 12.8 Å². The fourth-order valence-electron chi connectivity index (χ4n) is 6.17. The van der Waals surface area contributed by atoms with Crippen LogP contribution in [0.3, 0.4) is 0 Å². The van der Waals surface area contributed by atoms with Gasteiger partial charge < -0.3 is 28.6 Å². The van der Waals surface area contributed by atoms with E-state index < -0.39 is 18.1 Å². The number of aliphatic carboxylic acids is 1. The van der Waals surface area contributed by atoms with Crippen LogP contribution in [0.25, 0.3) is 0 Å². The van der Waals surface area contributed by atoms with Gasteiger partial charge in [-0.05, 0) is 89.9 Å². The summed E-state index contributed by atoms with van der Waals surface area (Å²) in [5.41, 5.74) is 0. The van der Waals surface area contributed by atoms with E-state index in [4.69, 9.17) is 14.2 Å². The molecule has 0 spiro atoms. The lowest BCUT2D eigenvalue weighted by Crippen LogP contribution is -2.55. The van der Waals surface area contributed by atoms with Gasteiger partial charge in [0.2, 0.25) is 0 Å². The summed E-state index contributed by atoms with van der Waals surface area (Å²) in [6.45, 7) is 4.38. The molecule has 0 amide bonds. The fraction of sp³-hybridized carbons (Fsp3) is 0.635. The molecule has 0 aromatic carbocycles. The number of carbonyl (C=O) groups is 3. The highest BCUT2D eigenvalue weighted by Gasteiger charge is 2.25. The molecular weight excluding hydrogens is 751 g/mol. The van der Waals surface area contributed by atoms with E-state index in [1.807, 2.05) is 0 Å². The summed E-state index contributed by atoms with van der Waals surface area (Å²) < 4.78 is 17.2. The van der Waals surface area contributed by atoms with Crippen molar-refractivity contribution in [2.24, 2.45) is 0 Å². The zero-order valence-electron chi connectivity index (χ0n) is 38.6. The molecule has 2 atom stereocenters. The number of hydrogen-bond donors (Lipinski definition) is 0. The van der Waals surface area contributed by atoms with Gasteiger partial charge in [-0.1, -0.05) is 150 Å². The molecule has 0 N–H and O–H groups in total. The van der Waals surface area contributed by atoms with E-state index in [9.17, 15) is 19.5 Å². The molecule has 0 aliphatic heterocycles. The van der Waals surface area contributed by atoms with Gasteiger partial charge in [0, 0.05) is 19.3 Å². The van der Waals surface area contributed by atoms with Gasteiger partial charge in [0.05, 0.1) is 40.3 Å². The minimum Gasteiger partial charge on any atom is -0.544 e. The van der Waals surface area contributed by atoms with Crippen LogP contribution in [0.4, 0.5) is 0 Å². The second kappa shape index (κ2) is 42.0. The summed E-state index contributed by atoms with van der Waals surface area (Å²) in [5, 5.41) is 11.6. The Morgan fingerprint density at radius 2 is 0.883 bits per heavy atom. The zero-order chi connectivity index (χ0) is 44.2. The molecule has 0 heterocycles. The van der Waals surface area contributed by atoms with Crippen LogP contribution in [0.1, 0.15) is 162 Å². The van der Waals surface area contributed by atoms with Crippen LogP contribution in [0.5, 0.6) is 0 Å². The van der Waals surface area contributed by atoms with Gasteiger partial charge >= 0.3 is 11.9 Å². The first kappa shape index (κ1) is 56.2. The lowest BCUT2D eigenvalue weighted by Gasteiger charge is -2.34. The Labute approximate surface area is 366 Å². The molecule has 0 rings (SSSR count). The summed E-state index contributed by atoms with van der Waals surface area (Å²) in [4.78, 5) is 36.9. The van der Waals surface area contributed by atoms with Crippen molar-refractivity contribution in [2.45, 2.75) is 174 Å². The Kier molecular flexibility index (Phi) is 39.3. The monoisotopic (exact) mass is 836 g/mol. The van der Waals surface area contributed by atoms with E-state index in [2.05, 4.69) is 111 Å². The highest BCUT2D eigenvalue weighted by Crippen LogP contribution is 2.13. The fourth-order valence-corrected chi connectivity index (χ4v) is 6.17. The number of likely N-dealkylation sites (N-methyl/N-ethyl adjacent to an activating group) is 1. The first-order chi connectivity index (χ1) is 29.1. The summed E-state index contributed by atoms with van der Waals surface area (Å²) in [6, 6.07) is -0.738. The number of hydrogen-bond acceptors (Lipinski definition) is 7. The second-order valence-corrected chi connectivity index (χ2v) is 16.2. The highest BCUT2D eigenvalue weighted by atomic mass is 16.6. The van der Waals surface area contributed by atoms with Crippen LogP contribution >= 0.6 is 0 Å². The van der Waals surface area contributed by atoms with Crippen LogP contribution < -0.4 is 5.11 Å². The molecular formula is C52H85NO7. The van der Waals surface area contributed by atoms with Gasteiger partial charge in [-0.3, -0.25) is 9.59 Å². The predicted octanol–water partition coefficient (Wildman–Crippen LogP) is 11.7. The molecule has 8 nitrogen and oxygen atoms in total. The zero-order valence-corrected chi connectivity index (χ0v) is 38.6. The number of carboxylic acid groups (broad SMARTS) is 1. The first-order valence-electron chi connectivity index (χ1n) is 23.3. The van der Waals surface area contributed by atoms with Gasteiger partial charge in [-0.15, -0.1) is 0 Å². The third kappa shape index (κ3) is 39.7. The summed E-state index contributed by atoms with van der Waals surface area (Å²) in [7, 11) is 5.38. The third-order valence-electron chi connectivity index (χ3n) is 9.72. The van der Waals surface area contributed by atoms with Crippen LogP contribution in [0.15, 0.2) is 97.2 Å². The molecule has 340 valence electrons. The van der Waals surface area contributed by atoms with E-state index in [1.54, 1.807) is 21.1 Å².